The van der Waals surface area contributed by atoms with Gasteiger partial charge in [-0.25, -0.2) is 8.42 Å². The molecule has 0 saturated heterocycles. The van der Waals surface area contributed by atoms with Crippen LogP contribution in [0.5, 0.6) is 0 Å². The van der Waals surface area contributed by atoms with Gasteiger partial charge < -0.3 is 5.32 Å². The average Bonchev–Trinajstić information content (AvgIpc) is 2.82. The second kappa shape index (κ2) is 10.2. The van der Waals surface area contributed by atoms with Crippen molar-refractivity contribution in [3.05, 3.63) is 93.5 Å². The number of fused-ring (bicyclic) bond motifs is 1. The molecular formula is C27H29ClN2O3S. The molecule has 0 aromatic heterocycles. The molecule has 3 aromatic carbocycles. The third-order valence-electron chi connectivity index (χ3n) is 6.24. The van der Waals surface area contributed by atoms with Crippen molar-refractivity contribution in [1.29, 1.82) is 0 Å². The summed E-state index contributed by atoms with van der Waals surface area (Å²) in [5.74, 6) is -0.340. The fourth-order valence-corrected chi connectivity index (χ4v) is 5.98. The van der Waals surface area contributed by atoms with Crippen LogP contribution in [0, 0.1) is 6.92 Å². The Morgan fingerprint density at radius 1 is 1.00 bits per heavy atom. The Bertz CT molecular complexity index is 1320. The Labute approximate surface area is 206 Å². The van der Waals surface area contributed by atoms with E-state index >= 15 is 0 Å². The molecule has 2 N–H and O–H groups in total. The van der Waals surface area contributed by atoms with Crippen molar-refractivity contribution in [3.8, 4) is 0 Å². The maximum absolute atomic E-state index is 13.1. The molecule has 1 aliphatic rings. The molecule has 1 aliphatic carbocycles. The van der Waals surface area contributed by atoms with E-state index in [1.54, 1.807) is 24.3 Å². The number of hydrogen-bond donors (Lipinski definition) is 2. The summed E-state index contributed by atoms with van der Waals surface area (Å²) in [7, 11) is -3.98. The van der Waals surface area contributed by atoms with Gasteiger partial charge in [0.05, 0.1) is 11.1 Å². The van der Waals surface area contributed by atoms with Gasteiger partial charge in [-0.1, -0.05) is 48.9 Å². The zero-order valence-corrected chi connectivity index (χ0v) is 21.0. The fourth-order valence-electron chi connectivity index (χ4n) is 4.40. The largest absolute Gasteiger partial charge is 0.345 e. The lowest BCUT2D eigenvalue weighted by Gasteiger charge is -2.22. The highest BCUT2D eigenvalue weighted by atomic mass is 35.5. The molecule has 5 nitrogen and oxygen atoms in total. The van der Waals surface area contributed by atoms with Gasteiger partial charge in [-0.05, 0) is 91.6 Å². The molecule has 0 fully saturated rings. The predicted octanol–water partition coefficient (Wildman–Crippen LogP) is 6.21. The number of aryl methyl sites for hydroxylation is 3. The molecular weight excluding hydrogens is 468 g/mol. The first-order valence-corrected chi connectivity index (χ1v) is 13.4. The lowest BCUT2D eigenvalue weighted by Crippen LogP contribution is -2.28. The molecule has 0 spiro atoms. The summed E-state index contributed by atoms with van der Waals surface area (Å²) in [6.45, 7) is 3.90. The van der Waals surface area contributed by atoms with E-state index in [1.165, 1.54) is 36.1 Å². The number of hydrogen-bond acceptors (Lipinski definition) is 3. The summed E-state index contributed by atoms with van der Waals surface area (Å²) >= 11 is 6.23. The van der Waals surface area contributed by atoms with Crippen LogP contribution in [0.2, 0.25) is 5.02 Å². The van der Waals surface area contributed by atoms with Gasteiger partial charge in [-0.2, -0.15) is 0 Å². The standard InChI is InChI=1S/C27H29ClN2O3S/c1-3-25(21-12-11-19-8-4-5-9-20(19)16-21)29-27(31)22-13-14-24(28)26(17-22)34(32,33)30-23-10-6-7-18(2)15-23/h6-7,10-17,25,30H,3-5,8-9H2,1-2H3,(H,29,31)/t25-/m0/s1. The third kappa shape index (κ3) is 5.45. The van der Waals surface area contributed by atoms with Crippen molar-refractivity contribution >= 4 is 33.2 Å². The van der Waals surface area contributed by atoms with Crippen molar-refractivity contribution in [1.82, 2.24) is 5.32 Å². The lowest BCUT2D eigenvalue weighted by molar-refractivity contribution is 0.0935. The van der Waals surface area contributed by atoms with Crippen LogP contribution in [-0.4, -0.2) is 14.3 Å². The molecule has 1 amide bonds. The second-order valence-corrected chi connectivity index (χ2v) is 10.8. The van der Waals surface area contributed by atoms with Crippen LogP contribution < -0.4 is 10.0 Å². The number of carbonyl (C=O) groups excluding carboxylic acids is 1. The van der Waals surface area contributed by atoms with Crippen LogP contribution in [0.4, 0.5) is 5.69 Å². The Morgan fingerprint density at radius 2 is 1.76 bits per heavy atom. The number of nitrogens with one attached hydrogen (secondary N) is 2. The van der Waals surface area contributed by atoms with E-state index in [4.69, 9.17) is 11.6 Å². The summed E-state index contributed by atoms with van der Waals surface area (Å²) in [4.78, 5) is 13.0. The van der Waals surface area contributed by atoms with Gasteiger partial charge >= 0.3 is 0 Å². The van der Waals surface area contributed by atoms with E-state index in [0.29, 0.717) is 5.69 Å². The summed E-state index contributed by atoms with van der Waals surface area (Å²) in [6.07, 6.45) is 5.31. The first-order valence-electron chi connectivity index (χ1n) is 11.6. The topological polar surface area (TPSA) is 75.3 Å². The van der Waals surface area contributed by atoms with Crippen molar-refractivity contribution in [2.45, 2.75) is 56.9 Å². The molecule has 3 aromatic rings. The number of sulfonamides is 1. The minimum Gasteiger partial charge on any atom is -0.345 e. The molecule has 4 rings (SSSR count). The molecule has 0 radical (unpaired) electrons. The van der Waals surface area contributed by atoms with Crippen molar-refractivity contribution in [2.75, 3.05) is 4.72 Å². The first-order chi connectivity index (χ1) is 16.3. The minimum absolute atomic E-state index is 0.0541. The van der Waals surface area contributed by atoms with Gasteiger partial charge in [0.1, 0.15) is 4.90 Å². The number of anilines is 1. The molecule has 0 saturated carbocycles. The van der Waals surface area contributed by atoms with Crippen LogP contribution in [0.1, 0.15) is 64.8 Å². The molecule has 0 heterocycles. The Hall–Kier alpha value is -2.83. The van der Waals surface area contributed by atoms with Crippen molar-refractivity contribution < 1.29 is 13.2 Å². The zero-order valence-electron chi connectivity index (χ0n) is 19.4. The van der Waals surface area contributed by atoms with Gasteiger partial charge in [0.15, 0.2) is 0 Å². The van der Waals surface area contributed by atoms with Gasteiger partial charge in [-0.3, -0.25) is 9.52 Å². The highest BCUT2D eigenvalue weighted by molar-refractivity contribution is 7.92. The maximum atomic E-state index is 13.1. The summed E-state index contributed by atoms with van der Waals surface area (Å²) in [5.41, 5.74) is 5.42. The average molecular weight is 497 g/mol. The number of halogens is 1. The van der Waals surface area contributed by atoms with Crippen LogP contribution in [0.15, 0.2) is 65.6 Å². The molecule has 0 bridgehead atoms. The van der Waals surface area contributed by atoms with Crippen LogP contribution in [0.25, 0.3) is 0 Å². The van der Waals surface area contributed by atoms with Gasteiger partial charge in [0.2, 0.25) is 0 Å². The van der Waals surface area contributed by atoms with E-state index in [1.807, 2.05) is 19.9 Å². The summed E-state index contributed by atoms with van der Waals surface area (Å²) in [6, 6.07) is 17.6. The molecule has 7 heteroatoms. The monoisotopic (exact) mass is 496 g/mol. The zero-order chi connectivity index (χ0) is 24.3. The fraction of sp³-hybridized carbons (Fsp3) is 0.296. The maximum Gasteiger partial charge on any atom is 0.263 e. The van der Waals surface area contributed by atoms with Crippen LogP contribution in [0.3, 0.4) is 0 Å². The van der Waals surface area contributed by atoms with Crippen LogP contribution >= 0.6 is 11.6 Å². The van der Waals surface area contributed by atoms with E-state index in [2.05, 4.69) is 28.2 Å². The number of rotatable bonds is 7. The quantitative estimate of drug-likeness (QED) is 0.408. The Balaban J connectivity index is 1.56. The van der Waals surface area contributed by atoms with Crippen LogP contribution in [-0.2, 0) is 22.9 Å². The van der Waals surface area contributed by atoms with E-state index < -0.39 is 10.0 Å². The molecule has 0 unspecified atom stereocenters. The highest BCUT2D eigenvalue weighted by Gasteiger charge is 2.22. The van der Waals surface area contributed by atoms with Gasteiger partial charge in [0.25, 0.3) is 15.9 Å². The van der Waals surface area contributed by atoms with E-state index in [-0.39, 0.29) is 27.4 Å². The van der Waals surface area contributed by atoms with Gasteiger partial charge in [0, 0.05) is 11.3 Å². The first kappa shape index (κ1) is 24.3. The van der Waals surface area contributed by atoms with Crippen molar-refractivity contribution in [2.24, 2.45) is 0 Å². The molecule has 1 atom stereocenters. The summed E-state index contributed by atoms with van der Waals surface area (Å²) in [5, 5.41) is 3.12. The normalized spacial score (nSPS) is 14.2. The molecule has 178 valence electrons. The van der Waals surface area contributed by atoms with Crippen molar-refractivity contribution in [3.63, 3.8) is 0 Å². The molecule has 0 aliphatic heterocycles. The van der Waals surface area contributed by atoms with Gasteiger partial charge in [-0.15, -0.1) is 0 Å². The second-order valence-electron chi connectivity index (χ2n) is 8.79. The SMILES string of the molecule is CC[C@H](NC(=O)c1ccc(Cl)c(S(=O)(=O)Nc2cccc(C)c2)c1)c1ccc2c(c1)CCCC2. The lowest BCUT2D eigenvalue weighted by atomic mass is 9.88. The number of carbonyl (C=O) groups is 1. The highest BCUT2D eigenvalue weighted by Crippen LogP contribution is 2.28. The molecule has 34 heavy (non-hydrogen) atoms. The predicted molar refractivity (Wildman–Crippen MR) is 137 cm³/mol. The Morgan fingerprint density at radius 3 is 2.50 bits per heavy atom. The summed E-state index contributed by atoms with van der Waals surface area (Å²) < 4.78 is 28.6. The Kier molecular flexibility index (Phi) is 7.29. The number of benzene rings is 3. The van der Waals surface area contributed by atoms with E-state index in [9.17, 15) is 13.2 Å². The minimum atomic E-state index is -3.98. The smallest absolute Gasteiger partial charge is 0.263 e. The third-order valence-corrected chi connectivity index (χ3v) is 8.10. The number of amides is 1. The van der Waals surface area contributed by atoms with E-state index in [0.717, 1.165) is 30.4 Å².